The zero-order valence-corrected chi connectivity index (χ0v) is 12.7. The van der Waals surface area contributed by atoms with Gasteiger partial charge in [-0.15, -0.1) is 0 Å². The van der Waals surface area contributed by atoms with E-state index in [1.807, 2.05) is 52.0 Å². The van der Waals surface area contributed by atoms with Crippen LogP contribution in [0.2, 0.25) is 0 Å². The Morgan fingerprint density at radius 1 is 1.19 bits per heavy atom. The Hall–Kier alpha value is -2.43. The zero-order valence-electron chi connectivity index (χ0n) is 12.7. The third-order valence-electron chi connectivity index (χ3n) is 3.10. The highest BCUT2D eigenvalue weighted by atomic mass is 16.2. The average Bonchev–Trinajstić information content (AvgIpc) is 2.39. The van der Waals surface area contributed by atoms with Crippen LogP contribution in [0.25, 0.3) is 11.3 Å². The molecular weight excluding hydrogens is 266 g/mol. The number of nitrogens with one attached hydrogen (secondary N) is 2. The van der Waals surface area contributed by atoms with Crippen molar-refractivity contribution in [3.8, 4) is 11.3 Å². The number of rotatable bonds is 2. The number of nitrogens with zero attached hydrogens (tertiary/aromatic N) is 1. The molecule has 21 heavy (non-hydrogen) atoms. The van der Waals surface area contributed by atoms with Gasteiger partial charge in [0.2, 0.25) is 5.91 Å². The van der Waals surface area contributed by atoms with Crippen LogP contribution < -0.4 is 10.9 Å². The lowest BCUT2D eigenvalue weighted by molar-refractivity contribution is -0.123. The van der Waals surface area contributed by atoms with Gasteiger partial charge in [-0.2, -0.15) is 5.10 Å². The number of hydrogen-bond donors (Lipinski definition) is 2. The Balaban J connectivity index is 2.23. The second-order valence-electron chi connectivity index (χ2n) is 6.05. The Morgan fingerprint density at radius 2 is 1.81 bits per heavy atom. The molecule has 0 fully saturated rings. The van der Waals surface area contributed by atoms with Crippen LogP contribution in [0.15, 0.2) is 35.1 Å². The molecule has 0 saturated heterocycles. The van der Waals surface area contributed by atoms with Gasteiger partial charge in [-0.05, 0) is 24.6 Å². The molecule has 1 aromatic carbocycles. The highest BCUT2D eigenvalue weighted by molar-refractivity contribution is 5.94. The fraction of sp³-hybridized carbons (Fsp3) is 0.312. The van der Waals surface area contributed by atoms with E-state index in [4.69, 9.17) is 0 Å². The average molecular weight is 285 g/mol. The van der Waals surface area contributed by atoms with E-state index >= 15 is 0 Å². The van der Waals surface area contributed by atoms with E-state index in [1.54, 1.807) is 0 Å². The fourth-order valence-corrected chi connectivity index (χ4v) is 1.82. The molecule has 0 radical (unpaired) electrons. The Bertz CT molecular complexity index is 710. The van der Waals surface area contributed by atoms with Crippen molar-refractivity contribution in [2.75, 3.05) is 5.32 Å². The summed E-state index contributed by atoms with van der Waals surface area (Å²) in [7, 11) is 0. The summed E-state index contributed by atoms with van der Waals surface area (Å²) in [6.07, 6.45) is 0. The number of aromatic nitrogens is 2. The number of anilines is 1. The van der Waals surface area contributed by atoms with E-state index in [1.165, 1.54) is 6.07 Å². The standard InChI is InChI=1S/C16H19N3O2/c1-10-9-13(20)18-19-14(10)11-5-7-12(8-6-11)17-15(21)16(2,3)4/h5-9H,1-4H3,(H,17,21)(H,18,20). The molecule has 5 heteroatoms. The maximum absolute atomic E-state index is 11.9. The van der Waals surface area contributed by atoms with Crippen LogP contribution in [0, 0.1) is 12.3 Å². The highest BCUT2D eigenvalue weighted by Gasteiger charge is 2.21. The van der Waals surface area contributed by atoms with Crippen LogP contribution >= 0.6 is 0 Å². The van der Waals surface area contributed by atoms with E-state index in [2.05, 4.69) is 15.5 Å². The van der Waals surface area contributed by atoms with Crippen LogP contribution in [-0.4, -0.2) is 16.1 Å². The van der Waals surface area contributed by atoms with Gasteiger partial charge in [0.05, 0.1) is 5.69 Å². The van der Waals surface area contributed by atoms with E-state index < -0.39 is 5.41 Å². The summed E-state index contributed by atoms with van der Waals surface area (Å²) in [6.45, 7) is 7.44. The minimum Gasteiger partial charge on any atom is -0.326 e. The number of carbonyl (C=O) groups excluding carboxylic acids is 1. The number of carbonyl (C=O) groups is 1. The molecule has 0 atom stereocenters. The summed E-state index contributed by atoms with van der Waals surface area (Å²) in [4.78, 5) is 23.1. The number of aryl methyl sites for hydroxylation is 1. The zero-order chi connectivity index (χ0) is 15.6. The van der Waals surface area contributed by atoms with Gasteiger partial charge in [0.1, 0.15) is 0 Å². The minimum absolute atomic E-state index is 0.0337. The summed E-state index contributed by atoms with van der Waals surface area (Å²) >= 11 is 0. The molecule has 0 spiro atoms. The predicted molar refractivity (Wildman–Crippen MR) is 83.1 cm³/mol. The molecule has 1 aromatic heterocycles. The largest absolute Gasteiger partial charge is 0.326 e. The molecule has 0 aliphatic rings. The summed E-state index contributed by atoms with van der Waals surface area (Å²) in [5.41, 5.74) is 2.51. The molecule has 0 aliphatic carbocycles. The topological polar surface area (TPSA) is 74.8 Å². The first-order chi connectivity index (χ1) is 9.77. The molecule has 1 amide bonds. The first kappa shape index (κ1) is 15.0. The smallest absolute Gasteiger partial charge is 0.264 e. The highest BCUT2D eigenvalue weighted by Crippen LogP contribution is 2.22. The molecule has 0 aliphatic heterocycles. The molecule has 0 unspecified atom stereocenters. The summed E-state index contributed by atoms with van der Waals surface area (Å²) in [5, 5.41) is 9.35. The Labute approximate surface area is 123 Å². The van der Waals surface area contributed by atoms with Gasteiger partial charge in [-0.3, -0.25) is 9.59 Å². The lowest BCUT2D eigenvalue weighted by Gasteiger charge is -2.17. The molecule has 0 bridgehead atoms. The third-order valence-corrected chi connectivity index (χ3v) is 3.10. The van der Waals surface area contributed by atoms with Crippen molar-refractivity contribution in [1.29, 1.82) is 0 Å². The van der Waals surface area contributed by atoms with Crippen molar-refractivity contribution in [3.63, 3.8) is 0 Å². The van der Waals surface area contributed by atoms with Crippen LogP contribution in [0.5, 0.6) is 0 Å². The van der Waals surface area contributed by atoms with Crippen molar-refractivity contribution >= 4 is 11.6 Å². The summed E-state index contributed by atoms with van der Waals surface area (Å²) in [6, 6.07) is 8.89. The maximum atomic E-state index is 11.9. The first-order valence-corrected chi connectivity index (χ1v) is 6.75. The van der Waals surface area contributed by atoms with Gasteiger partial charge in [0.25, 0.3) is 5.56 Å². The van der Waals surface area contributed by atoms with E-state index in [0.29, 0.717) is 0 Å². The van der Waals surface area contributed by atoms with Crippen molar-refractivity contribution in [1.82, 2.24) is 10.2 Å². The van der Waals surface area contributed by atoms with Crippen LogP contribution in [0.3, 0.4) is 0 Å². The fourth-order valence-electron chi connectivity index (χ4n) is 1.82. The molecule has 0 saturated carbocycles. The van der Waals surface area contributed by atoms with Gasteiger partial charge in [0, 0.05) is 22.7 Å². The molecular formula is C16H19N3O2. The SMILES string of the molecule is Cc1cc(=O)[nH]nc1-c1ccc(NC(=O)C(C)(C)C)cc1. The van der Waals surface area contributed by atoms with Gasteiger partial charge in [-0.25, -0.2) is 5.10 Å². The molecule has 1 heterocycles. The Morgan fingerprint density at radius 3 is 2.33 bits per heavy atom. The Kier molecular flexibility index (Phi) is 3.93. The molecule has 2 rings (SSSR count). The summed E-state index contributed by atoms with van der Waals surface area (Å²) in [5.74, 6) is -0.0337. The first-order valence-electron chi connectivity index (χ1n) is 6.75. The number of aromatic amines is 1. The predicted octanol–water partition coefficient (Wildman–Crippen LogP) is 2.73. The summed E-state index contributed by atoms with van der Waals surface area (Å²) < 4.78 is 0. The molecule has 110 valence electrons. The van der Waals surface area contributed by atoms with Gasteiger partial charge in [0.15, 0.2) is 0 Å². The lowest BCUT2D eigenvalue weighted by Crippen LogP contribution is -2.27. The normalized spacial score (nSPS) is 11.2. The molecule has 2 aromatic rings. The second kappa shape index (κ2) is 5.52. The number of amides is 1. The quantitative estimate of drug-likeness (QED) is 0.891. The van der Waals surface area contributed by atoms with Gasteiger partial charge < -0.3 is 5.32 Å². The minimum atomic E-state index is -0.435. The van der Waals surface area contributed by atoms with E-state index in [9.17, 15) is 9.59 Å². The van der Waals surface area contributed by atoms with Gasteiger partial charge >= 0.3 is 0 Å². The van der Waals surface area contributed by atoms with Crippen molar-refractivity contribution in [2.24, 2.45) is 5.41 Å². The third kappa shape index (κ3) is 3.56. The number of H-pyrrole nitrogens is 1. The monoisotopic (exact) mass is 285 g/mol. The number of hydrogen-bond acceptors (Lipinski definition) is 3. The van der Waals surface area contributed by atoms with Crippen LogP contribution in [0.4, 0.5) is 5.69 Å². The van der Waals surface area contributed by atoms with Crippen molar-refractivity contribution in [2.45, 2.75) is 27.7 Å². The van der Waals surface area contributed by atoms with Crippen molar-refractivity contribution in [3.05, 3.63) is 46.2 Å². The second-order valence-corrected chi connectivity index (χ2v) is 6.05. The van der Waals surface area contributed by atoms with Gasteiger partial charge in [-0.1, -0.05) is 32.9 Å². The molecule has 5 nitrogen and oxygen atoms in total. The van der Waals surface area contributed by atoms with E-state index in [0.717, 1.165) is 22.5 Å². The van der Waals surface area contributed by atoms with Crippen LogP contribution in [0.1, 0.15) is 26.3 Å². The van der Waals surface area contributed by atoms with Crippen molar-refractivity contribution < 1.29 is 4.79 Å². The lowest BCUT2D eigenvalue weighted by atomic mass is 9.95. The molecule has 2 N–H and O–H groups in total. The van der Waals surface area contributed by atoms with Crippen LogP contribution in [-0.2, 0) is 4.79 Å². The van der Waals surface area contributed by atoms with E-state index in [-0.39, 0.29) is 11.5 Å². The maximum Gasteiger partial charge on any atom is 0.264 e. The number of benzene rings is 1.